The highest BCUT2D eigenvalue weighted by Gasteiger charge is 2.27. The van der Waals surface area contributed by atoms with E-state index in [-0.39, 0.29) is 0 Å². The van der Waals surface area contributed by atoms with E-state index in [1.54, 1.807) is 11.3 Å². The Morgan fingerprint density at radius 3 is 2.52 bits per heavy atom. The maximum atomic E-state index is 5.96. The first kappa shape index (κ1) is 15.2. The summed E-state index contributed by atoms with van der Waals surface area (Å²) >= 11 is 11.3. The van der Waals surface area contributed by atoms with Gasteiger partial charge in [0.2, 0.25) is 0 Å². The van der Waals surface area contributed by atoms with E-state index < -0.39 is 0 Å². The number of thiazole rings is 1. The highest BCUT2D eigenvalue weighted by Crippen LogP contribution is 2.39. The van der Waals surface area contributed by atoms with Gasteiger partial charge in [0.05, 0.1) is 11.4 Å². The molecule has 5 heteroatoms. The van der Waals surface area contributed by atoms with Crippen LogP contribution in [0.15, 0.2) is 63.4 Å². The fourth-order valence-corrected chi connectivity index (χ4v) is 4.17. The van der Waals surface area contributed by atoms with E-state index in [0.29, 0.717) is 6.04 Å². The zero-order chi connectivity index (χ0) is 15.8. The average molecular weight is 406 g/mol. The summed E-state index contributed by atoms with van der Waals surface area (Å²) in [6.07, 6.45) is 2.45. The van der Waals surface area contributed by atoms with Gasteiger partial charge in [-0.15, -0.1) is 11.3 Å². The lowest BCUT2D eigenvalue weighted by Crippen LogP contribution is -2.14. The molecule has 116 valence electrons. The number of halogens is 2. The highest BCUT2D eigenvalue weighted by molar-refractivity contribution is 9.10. The van der Waals surface area contributed by atoms with Crippen molar-refractivity contribution in [3.05, 3.63) is 68.2 Å². The summed E-state index contributed by atoms with van der Waals surface area (Å²) in [4.78, 5) is 5.87. The molecule has 2 nitrogen and oxygen atoms in total. The third-order valence-corrected chi connectivity index (χ3v) is 5.64. The molecule has 0 bridgehead atoms. The number of nitrogens with zero attached hydrogens (tertiary/aromatic N) is 2. The molecule has 1 saturated carbocycles. The second-order valence-electron chi connectivity index (χ2n) is 5.57. The monoisotopic (exact) mass is 404 g/mol. The maximum absolute atomic E-state index is 5.96. The zero-order valence-electron chi connectivity index (χ0n) is 12.2. The summed E-state index contributed by atoms with van der Waals surface area (Å²) in [7, 11) is 0. The fraction of sp³-hybridized carbons (Fsp3) is 0.167. The Labute approximate surface area is 152 Å². The molecule has 0 atom stereocenters. The zero-order valence-corrected chi connectivity index (χ0v) is 15.4. The number of rotatable bonds is 3. The van der Waals surface area contributed by atoms with Gasteiger partial charge < -0.3 is 4.57 Å². The summed E-state index contributed by atoms with van der Waals surface area (Å²) in [6.45, 7) is 0. The molecule has 1 aromatic heterocycles. The molecule has 0 unspecified atom stereocenters. The lowest BCUT2D eigenvalue weighted by Gasteiger charge is -2.09. The molecule has 0 N–H and O–H groups in total. The second kappa shape index (κ2) is 6.27. The third kappa shape index (κ3) is 3.16. The molecule has 1 fully saturated rings. The Kier molecular flexibility index (Phi) is 4.14. The van der Waals surface area contributed by atoms with E-state index in [1.165, 1.54) is 24.1 Å². The van der Waals surface area contributed by atoms with Crippen LogP contribution in [0.4, 0.5) is 5.69 Å². The first-order valence-electron chi connectivity index (χ1n) is 7.47. The van der Waals surface area contributed by atoms with E-state index in [0.717, 1.165) is 20.0 Å². The van der Waals surface area contributed by atoms with Gasteiger partial charge in [-0.2, -0.15) is 0 Å². The topological polar surface area (TPSA) is 17.3 Å². The standard InChI is InChI=1S/C18H14BrClN2S/c19-16-4-2-1-3-15(16)17-11-23-18(22(17)14-9-10-14)21-13-7-5-12(20)6-8-13/h1-8,11,14H,9-10H2. The number of hydrogen-bond acceptors (Lipinski definition) is 2. The summed E-state index contributed by atoms with van der Waals surface area (Å²) in [6, 6.07) is 16.6. The van der Waals surface area contributed by atoms with Crippen LogP contribution < -0.4 is 4.80 Å². The Balaban J connectivity index is 1.86. The molecule has 3 aromatic rings. The van der Waals surface area contributed by atoms with Gasteiger partial charge in [0.1, 0.15) is 0 Å². The predicted octanol–water partition coefficient (Wildman–Crippen LogP) is 6.20. The summed E-state index contributed by atoms with van der Waals surface area (Å²) in [5.74, 6) is 0. The molecule has 0 aliphatic heterocycles. The van der Waals surface area contributed by atoms with Crippen molar-refractivity contribution in [2.24, 2.45) is 4.99 Å². The normalized spacial score (nSPS) is 15.1. The van der Waals surface area contributed by atoms with Crippen LogP contribution in [0, 0.1) is 0 Å². The van der Waals surface area contributed by atoms with Crippen molar-refractivity contribution >= 4 is 44.6 Å². The first-order valence-corrected chi connectivity index (χ1v) is 9.52. The van der Waals surface area contributed by atoms with Crippen LogP contribution in [0.5, 0.6) is 0 Å². The Morgan fingerprint density at radius 2 is 1.83 bits per heavy atom. The van der Waals surface area contributed by atoms with E-state index in [9.17, 15) is 0 Å². The predicted molar refractivity (Wildman–Crippen MR) is 100 cm³/mol. The molecule has 0 amide bonds. The van der Waals surface area contributed by atoms with Crippen molar-refractivity contribution in [1.82, 2.24) is 4.57 Å². The van der Waals surface area contributed by atoms with Gasteiger partial charge in [-0.05, 0) is 43.2 Å². The molecule has 0 saturated heterocycles. The van der Waals surface area contributed by atoms with E-state index >= 15 is 0 Å². The van der Waals surface area contributed by atoms with Gasteiger partial charge >= 0.3 is 0 Å². The van der Waals surface area contributed by atoms with Crippen LogP contribution in [-0.4, -0.2) is 4.57 Å². The smallest absolute Gasteiger partial charge is 0.190 e. The first-order chi connectivity index (χ1) is 11.2. The molecule has 1 aliphatic carbocycles. The van der Waals surface area contributed by atoms with Crippen LogP contribution in [0.3, 0.4) is 0 Å². The number of aromatic nitrogens is 1. The Morgan fingerprint density at radius 1 is 1.09 bits per heavy atom. The van der Waals surface area contributed by atoms with Crippen LogP contribution in [-0.2, 0) is 0 Å². The van der Waals surface area contributed by atoms with Gasteiger partial charge in [-0.1, -0.05) is 45.7 Å². The van der Waals surface area contributed by atoms with Crippen molar-refractivity contribution < 1.29 is 0 Å². The minimum absolute atomic E-state index is 0.564. The van der Waals surface area contributed by atoms with Crippen LogP contribution >= 0.6 is 38.9 Å². The highest BCUT2D eigenvalue weighted by atomic mass is 79.9. The number of hydrogen-bond donors (Lipinski definition) is 0. The molecule has 0 radical (unpaired) electrons. The third-order valence-electron chi connectivity index (χ3n) is 3.85. The van der Waals surface area contributed by atoms with Crippen molar-refractivity contribution in [2.45, 2.75) is 18.9 Å². The van der Waals surface area contributed by atoms with Gasteiger partial charge in [-0.3, -0.25) is 0 Å². The van der Waals surface area contributed by atoms with Crippen LogP contribution in [0.1, 0.15) is 18.9 Å². The Bertz CT molecular complexity index is 907. The second-order valence-corrected chi connectivity index (χ2v) is 7.70. The SMILES string of the molecule is Clc1ccc(N=c2scc(-c3ccccc3Br)n2C2CC2)cc1. The van der Waals surface area contributed by atoms with Gasteiger partial charge in [0.25, 0.3) is 0 Å². The van der Waals surface area contributed by atoms with E-state index in [1.807, 2.05) is 30.3 Å². The quantitative estimate of drug-likeness (QED) is 0.493. The van der Waals surface area contributed by atoms with Gasteiger partial charge in [0.15, 0.2) is 4.80 Å². The van der Waals surface area contributed by atoms with E-state index in [2.05, 4.69) is 44.1 Å². The van der Waals surface area contributed by atoms with Crippen molar-refractivity contribution in [3.8, 4) is 11.3 Å². The van der Waals surface area contributed by atoms with Crippen LogP contribution in [0.25, 0.3) is 11.3 Å². The minimum Gasteiger partial charge on any atom is -0.313 e. The van der Waals surface area contributed by atoms with Gasteiger partial charge in [0, 0.05) is 26.5 Å². The van der Waals surface area contributed by atoms with Crippen molar-refractivity contribution in [1.29, 1.82) is 0 Å². The molecule has 1 aliphatic rings. The molecule has 2 aromatic carbocycles. The molecule has 0 spiro atoms. The lowest BCUT2D eigenvalue weighted by atomic mass is 10.2. The fourth-order valence-electron chi connectivity index (χ4n) is 2.58. The van der Waals surface area contributed by atoms with Crippen molar-refractivity contribution in [3.63, 3.8) is 0 Å². The molecular formula is C18H14BrClN2S. The van der Waals surface area contributed by atoms with Crippen molar-refractivity contribution in [2.75, 3.05) is 0 Å². The largest absolute Gasteiger partial charge is 0.313 e. The average Bonchev–Trinajstić information content (AvgIpc) is 3.31. The lowest BCUT2D eigenvalue weighted by molar-refractivity contribution is 0.724. The summed E-state index contributed by atoms with van der Waals surface area (Å²) in [5.41, 5.74) is 3.38. The minimum atomic E-state index is 0.564. The van der Waals surface area contributed by atoms with Gasteiger partial charge in [-0.25, -0.2) is 4.99 Å². The maximum Gasteiger partial charge on any atom is 0.190 e. The van der Waals surface area contributed by atoms with E-state index in [4.69, 9.17) is 16.6 Å². The summed E-state index contributed by atoms with van der Waals surface area (Å²) in [5, 5.41) is 2.94. The molecular weight excluding hydrogens is 392 g/mol. The van der Waals surface area contributed by atoms with Crippen LogP contribution in [0.2, 0.25) is 5.02 Å². The number of benzene rings is 2. The Hall–Kier alpha value is -1.36. The summed E-state index contributed by atoms with van der Waals surface area (Å²) < 4.78 is 3.49. The molecule has 23 heavy (non-hydrogen) atoms. The molecule has 4 rings (SSSR count). The molecule has 1 heterocycles.